The van der Waals surface area contributed by atoms with Gasteiger partial charge in [-0.1, -0.05) is 18.2 Å². The molecule has 0 aromatic heterocycles. The van der Waals surface area contributed by atoms with Crippen LogP contribution < -0.4 is 10.2 Å². The van der Waals surface area contributed by atoms with Gasteiger partial charge in [0.15, 0.2) is 0 Å². The van der Waals surface area contributed by atoms with E-state index < -0.39 is 30.0 Å². The van der Waals surface area contributed by atoms with E-state index >= 15 is 0 Å². The minimum Gasteiger partial charge on any atom is -0.444 e. The standard InChI is InChI=1S/C24H37BN2O5/c1-22(2,3)30-21(28)26-17-19(25-31-23(4,5)24(6,7)32-25)15-18-9-8-10-20(16-18)27-11-13-29-14-12-27/h8-10,15-16H,11-14,17H2,1-7H3,(H,26,28). The molecule has 0 spiro atoms. The van der Waals surface area contributed by atoms with Gasteiger partial charge >= 0.3 is 13.2 Å². The van der Waals surface area contributed by atoms with Crippen molar-refractivity contribution in [3.63, 3.8) is 0 Å². The Hall–Kier alpha value is -2.03. The summed E-state index contributed by atoms with van der Waals surface area (Å²) in [5.41, 5.74) is 1.48. The smallest absolute Gasteiger partial charge is 0.444 e. The topological polar surface area (TPSA) is 69.3 Å². The molecule has 0 bridgehead atoms. The second-order valence-corrected chi connectivity index (χ2v) is 10.4. The van der Waals surface area contributed by atoms with Crippen molar-refractivity contribution in [2.24, 2.45) is 0 Å². The van der Waals surface area contributed by atoms with Crippen LogP contribution in [0.15, 0.2) is 29.7 Å². The van der Waals surface area contributed by atoms with Crippen LogP contribution in [-0.2, 0) is 18.8 Å². The molecule has 2 heterocycles. The SMILES string of the molecule is CC(C)(C)OC(=O)NCC(=Cc1cccc(N2CCOCC2)c1)B1OC(C)(C)C(C)(C)O1. The lowest BCUT2D eigenvalue weighted by atomic mass is 9.77. The van der Waals surface area contributed by atoms with Gasteiger partial charge in [0.05, 0.1) is 24.4 Å². The molecule has 0 atom stereocenters. The molecule has 8 heteroatoms. The van der Waals surface area contributed by atoms with Crippen LogP contribution >= 0.6 is 0 Å². The number of amides is 1. The Kier molecular flexibility index (Phi) is 7.27. The van der Waals surface area contributed by atoms with Crippen molar-refractivity contribution in [2.45, 2.75) is 65.3 Å². The highest BCUT2D eigenvalue weighted by Crippen LogP contribution is 2.38. The average Bonchev–Trinajstić information content (AvgIpc) is 2.92. The van der Waals surface area contributed by atoms with Crippen molar-refractivity contribution in [1.82, 2.24) is 5.32 Å². The van der Waals surface area contributed by atoms with Gasteiger partial charge in [-0.2, -0.15) is 0 Å². The third kappa shape index (κ3) is 6.27. The fourth-order valence-electron chi connectivity index (χ4n) is 3.53. The zero-order chi connectivity index (χ0) is 23.6. The highest BCUT2D eigenvalue weighted by Gasteiger charge is 2.52. The summed E-state index contributed by atoms with van der Waals surface area (Å²) in [7, 11) is -0.568. The van der Waals surface area contributed by atoms with Crippen LogP contribution in [-0.4, -0.2) is 62.9 Å². The van der Waals surface area contributed by atoms with E-state index in [0.29, 0.717) is 0 Å². The van der Waals surface area contributed by atoms with Gasteiger partial charge in [0.25, 0.3) is 0 Å². The fourth-order valence-corrected chi connectivity index (χ4v) is 3.53. The Morgan fingerprint density at radius 1 is 1.16 bits per heavy atom. The Balaban J connectivity index is 1.83. The van der Waals surface area contributed by atoms with Gasteiger partial charge in [-0.15, -0.1) is 0 Å². The summed E-state index contributed by atoms with van der Waals surface area (Å²) in [5, 5.41) is 2.85. The van der Waals surface area contributed by atoms with E-state index in [4.69, 9.17) is 18.8 Å². The number of alkyl carbamates (subject to hydrolysis) is 1. The molecule has 1 aromatic rings. The molecule has 2 saturated heterocycles. The van der Waals surface area contributed by atoms with Crippen molar-refractivity contribution in [1.29, 1.82) is 0 Å². The van der Waals surface area contributed by atoms with Crippen LogP contribution in [0.25, 0.3) is 6.08 Å². The Morgan fingerprint density at radius 2 is 1.78 bits per heavy atom. The van der Waals surface area contributed by atoms with Crippen LogP contribution in [0.1, 0.15) is 54.0 Å². The predicted molar refractivity (Wildman–Crippen MR) is 128 cm³/mol. The average molecular weight is 444 g/mol. The number of carbonyl (C=O) groups is 1. The van der Waals surface area contributed by atoms with E-state index in [9.17, 15) is 4.79 Å². The number of rotatable bonds is 5. The van der Waals surface area contributed by atoms with Gasteiger partial charge in [0, 0.05) is 25.3 Å². The number of nitrogens with one attached hydrogen (secondary N) is 1. The first-order chi connectivity index (χ1) is 14.9. The number of ether oxygens (including phenoxy) is 2. The highest BCUT2D eigenvalue weighted by atomic mass is 16.7. The summed E-state index contributed by atoms with van der Waals surface area (Å²) >= 11 is 0. The number of morpholine rings is 1. The zero-order valence-electron chi connectivity index (χ0n) is 20.5. The van der Waals surface area contributed by atoms with E-state index in [0.717, 1.165) is 43.0 Å². The summed E-state index contributed by atoms with van der Waals surface area (Å²) in [6.45, 7) is 17.1. The number of nitrogens with zero attached hydrogens (tertiary/aromatic N) is 1. The third-order valence-corrected chi connectivity index (χ3v) is 5.99. The number of benzene rings is 1. The maximum Gasteiger partial charge on any atom is 0.492 e. The van der Waals surface area contributed by atoms with Crippen LogP contribution in [0.4, 0.5) is 10.5 Å². The van der Waals surface area contributed by atoms with E-state index in [1.165, 1.54) is 0 Å². The quantitative estimate of drug-likeness (QED) is 0.691. The lowest BCUT2D eigenvalue weighted by Gasteiger charge is -2.32. The molecule has 1 amide bonds. The molecule has 2 fully saturated rings. The van der Waals surface area contributed by atoms with Crippen LogP contribution in [0.2, 0.25) is 0 Å². The summed E-state index contributed by atoms with van der Waals surface area (Å²) < 4.78 is 23.4. The number of hydrogen-bond acceptors (Lipinski definition) is 6. The lowest BCUT2D eigenvalue weighted by Crippen LogP contribution is -2.41. The fraction of sp³-hybridized carbons (Fsp3) is 0.625. The van der Waals surface area contributed by atoms with Crippen molar-refractivity contribution < 1.29 is 23.6 Å². The predicted octanol–water partition coefficient (Wildman–Crippen LogP) is 4.06. The first-order valence-electron chi connectivity index (χ1n) is 11.3. The van der Waals surface area contributed by atoms with Gasteiger partial charge in [0.2, 0.25) is 0 Å². The number of carbonyl (C=O) groups excluding carboxylic acids is 1. The Bertz CT molecular complexity index is 825. The highest BCUT2D eigenvalue weighted by molar-refractivity contribution is 6.56. The molecule has 0 unspecified atom stereocenters. The van der Waals surface area contributed by atoms with Crippen molar-refractivity contribution in [3.8, 4) is 0 Å². The van der Waals surface area contributed by atoms with Gasteiger partial charge in [0.1, 0.15) is 5.60 Å². The summed E-state index contributed by atoms with van der Waals surface area (Å²) in [6.07, 6.45) is 1.56. The van der Waals surface area contributed by atoms with Crippen LogP contribution in [0.5, 0.6) is 0 Å². The van der Waals surface area contributed by atoms with Crippen molar-refractivity contribution in [2.75, 3.05) is 37.7 Å². The molecule has 2 aliphatic heterocycles. The Morgan fingerprint density at radius 3 is 2.38 bits per heavy atom. The molecule has 0 aliphatic carbocycles. The number of hydrogen-bond donors (Lipinski definition) is 1. The number of anilines is 1. The van der Waals surface area contributed by atoms with Gasteiger partial charge in [-0.3, -0.25) is 0 Å². The second-order valence-electron chi connectivity index (χ2n) is 10.4. The zero-order valence-corrected chi connectivity index (χ0v) is 20.5. The molecular weight excluding hydrogens is 407 g/mol. The maximum absolute atomic E-state index is 12.3. The van der Waals surface area contributed by atoms with E-state index in [1.807, 2.05) is 66.7 Å². The summed E-state index contributed by atoms with van der Waals surface area (Å²) in [5.74, 6) is 0. The van der Waals surface area contributed by atoms with Crippen LogP contribution in [0.3, 0.4) is 0 Å². The Labute approximate surface area is 192 Å². The van der Waals surface area contributed by atoms with Gasteiger partial charge < -0.3 is 29.0 Å². The largest absolute Gasteiger partial charge is 0.492 e. The molecular formula is C24H37BN2O5. The van der Waals surface area contributed by atoms with E-state index in [1.54, 1.807) is 0 Å². The minimum absolute atomic E-state index is 0.257. The first-order valence-corrected chi connectivity index (χ1v) is 11.3. The molecule has 1 aromatic carbocycles. The maximum atomic E-state index is 12.3. The third-order valence-electron chi connectivity index (χ3n) is 5.99. The van der Waals surface area contributed by atoms with Gasteiger partial charge in [-0.25, -0.2) is 4.79 Å². The van der Waals surface area contributed by atoms with Crippen molar-refractivity contribution >= 4 is 25.0 Å². The molecule has 2 aliphatic rings. The molecule has 3 rings (SSSR count). The summed E-state index contributed by atoms with van der Waals surface area (Å²) in [6, 6.07) is 8.34. The van der Waals surface area contributed by atoms with E-state index in [2.05, 4.69) is 22.3 Å². The molecule has 1 N–H and O–H groups in total. The second kappa shape index (κ2) is 9.45. The van der Waals surface area contributed by atoms with Crippen molar-refractivity contribution in [3.05, 3.63) is 35.3 Å². The van der Waals surface area contributed by atoms with Gasteiger partial charge in [-0.05, 0) is 71.6 Å². The minimum atomic E-state index is -0.568. The monoisotopic (exact) mass is 444 g/mol. The van der Waals surface area contributed by atoms with Crippen LogP contribution in [0, 0.1) is 0 Å². The molecule has 176 valence electrons. The summed E-state index contributed by atoms with van der Waals surface area (Å²) in [4.78, 5) is 14.6. The molecule has 0 radical (unpaired) electrons. The molecule has 7 nitrogen and oxygen atoms in total. The molecule has 0 saturated carbocycles. The van der Waals surface area contributed by atoms with E-state index in [-0.39, 0.29) is 6.54 Å². The normalized spacial score (nSPS) is 20.9. The first kappa shape index (κ1) is 24.6. The molecule has 32 heavy (non-hydrogen) atoms. The lowest BCUT2D eigenvalue weighted by molar-refractivity contribution is 0.00578.